The number of nitrogens with two attached hydrogens (primary N) is 1. The standard InChI is InChI=1S/C18H20N6O/c19-18-22-16(14-6-9-25-12-14)10-17(23-18)20-11-13-2-4-15(5-3-13)24-8-1-7-21-24/h1-5,7-8,10,14H,6,9,11-12H2,(H3,19,20,22,23)/t14-/m0/s1. The first-order chi connectivity index (χ1) is 12.3. The summed E-state index contributed by atoms with van der Waals surface area (Å²) in [4.78, 5) is 8.63. The molecular weight excluding hydrogens is 316 g/mol. The predicted octanol–water partition coefficient (Wildman–Crippen LogP) is 2.36. The van der Waals surface area contributed by atoms with E-state index in [0.29, 0.717) is 25.0 Å². The Morgan fingerprint density at radius 1 is 1.24 bits per heavy atom. The fourth-order valence-electron chi connectivity index (χ4n) is 2.93. The largest absolute Gasteiger partial charge is 0.381 e. The lowest BCUT2D eigenvalue weighted by molar-refractivity contribution is 0.193. The highest BCUT2D eigenvalue weighted by atomic mass is 16.5. The molecule has 0 amide bonds. The van der Waals surface area contributed by atoms with Gasteiger partial charge in [-0.2, -0.15) is 10.1 Å². The van der Waals surface area contributed by atoms with Gasteiger partial charge in [0.15, 0.2) is 0 Å². The van der Waals surface area contributed by atoms with Gasteiger partial charge in [0.05, 0.1) is 18.0 Å². The number of nitrogens with one attached hydrogen (secondary N) is 1. The molecule has 3 aromatic rings. The van der Waals surface area contributed by atoms with Crippen LogP contribution in [0.5, 0.6) is 0 Å². The normalized spacial score (nSPS) is 16.9. The molecule has 0 aliphatic carbocycles. The van der Waals surface area contributed by atoms with E-state index in [1.54, 1.807) is 6.20 Å². The van der Waals surface area contributed by atoms with Crippen LogP contribution in [-0.2, 0) is 11.3 Å². The molecule has 1 fully saturated rings. The van der Waals surface area contributed by atoms with E-state index >= 15 is 0 Å². The first-order valence-electron chi connectivity index (χ1n) is 8.33. The average Bonchev–Trinajstić information content (AvgIpc) is 3.33. The van der Waals surface area contributed by atoms with Crippen LogP contribution < -0.4 is 11.1 Å². The maximum Gasteiger partial charge on any atom is 0.222 e. The zero-order valence-corrected chi connectivity index (χ0v) is 13.8. The predicted molar refractivity (Wildman–Crippen MR) is 95.5 cm³/mol. The average molecular weight is 336 g/mol. The Hall–Kier alpha value is -2.93. The Bertz CT molecular complexity index is 825. The van der Waals surface area contributed by atoms with Crippen molar-refractivity contribution in [3.05, 3.63) is 60.0 Å². The number of aromatic nitrogens is 4. The van der Waals surface area contributed by atoms with Gasteiger partial charge in [-0.1, -0.05) is 12.1 Å². The van der Waals surface area contributed by atoms with Crippen molar-refractivity contribution in [1.29, 1.82) is 0 Å². The van der Waals surface area contributed by atoms with Gasteiger partial charge in [0.25, 0.3) is 0 Å². The summed E-state index contributed by atoms with van der Waals surface area (Å²) in [7, 11) is 0. The summed E-state index contributed by atoms with van der Waals surface area (Å²) in [5, 5.41) is 7.55. The van der Waals surface area contributed by atoms with Crippen molar-refractivity contribution < 1.29 is 4.74 Å². The highest BCUT2D eigenvalue weighted by Crippen LogP contribution is 2.25. The third-order valence-corrected chi connectivity index (χ3v) is 4.29. The summed E-state index contributed by atoms with van der Waals surface area (Å²) in [6.45, 7) is 2.14. The van der Waals surface area contributed by atoms with Crippen molar-refractivity contribution in [1.82, 2.24) is 19.7 Å². The molecule has 4 rings (SSSR count). The van der Waals surface area contributed by atoms with Gasteiger partial charge in [-0.25, -0.2) is 9.67 Å². The van der Waals surface area contributed by atoms with Gasteiger partial charge in [0.1, 0.15) is 5.82 Å². The highest BCUT2D eigenvalue weighted by Gasteiger charge is 2.20. The van der Waals surface area contributed by atoms with Gasteiger partial charge >= 0.3 is 0 Å². The fraction of sp³-hybridized carbons (Fsp3) is 0.278. The van der Waals surface area contributed by atoms with Gasteiger partial charge < -0.3 is 15.8 Å². The van der Waals surface area contributed by atoms with E-state index in [4.69, 9.17) is 10.5 Å². The molecule has 0 bridgehead atoms. The van der Waals surface area contributed by atoms with Crippen molar-refractivity contribution in [3.63, 3.8) is 0 Å². The Kier molecular flexibility index (Phi) is 4.30. The second-order valence-corrected chi connectivity index (χ2v) is 6.07. The van der Waals surface area contributed by atoms with Crippen molar-refractivity contribution in [2.75, 3.05) is 24.3 Å². The summed E-state index contributed by atoms with van der Waals surface area (Å²) in [6.07, 6.45) is 4.66. The van der Waals surface area contributed by atoms with E-state index in [2.05, 4.69) is 32.5 Å². The minimum atomic E-state index is 0.293. The molecule has 7 heteroatoms. The smallest absolute Gasteiger partial charge is 0.222 e. The molecule has 0 unspecified atom stereocenters. The van der Waals surface area contributed by atoms with Gasteiger partial charge in [-0.3, -0.25) is 0 Å². The zero-order valence-electron chi connectivity index (χ0n) is 13.8. The van der Waals surface area contributed by atoms with Crippen LogP contribution in [0.3, 0.4) is 0 Å². The summed E-state index contributed by atoms with van der Waals surface area (Å²) < 4.78 is 7.27. The Balaban J connectivity index is 1.44. The molecule has 1 atom stereocenters. The number of rotatable bonds is 5. The fourth-order valence-corrected chi connectivity index (χ4v) is 2.93. The lowest BCUT2D eigenvalue weighted by Gasteiger charge is -2.11. The van der Waals surface area contributed by atoms with Crippen molar-refractivity contribution >= 4 is 11.8 Å². The third-order valence-electron chi connectivity index (χ3n) is 4.29. The van der Waals surface area contributed by atoms with Crippen molar-refractivity contribution in [2.24, 2.45) is 0 Å². The highest BCUT2D eigenvalue weighted by molar-refractivity contribution is 5.43. The lowest BCUT2D eigenvalue weighted by Crippen LogP contribution is -2.09. The number of benzene rings is 1. The van der Waals surface area contributed by atoms with Gasteiger partial charge in [0, 0.05) is 37.5 Å². The van der Waals surface area contributed by atoms with E-state index in [1.807, 2.05) is 35.1 Å². The van der Waals surface area contributed by atoms with Crippen molar-refractivity contribution in [2.45, 2.75) is 18.9 Å². The second kappa shape index (κ2) is 6.90. The van der Waals surface area contributed by atoms with Gasteiger partial charge in [0.2, 0.25) is 5.95 Å². The van der Waals surface area contributed by atoms with Crippen LogP contribution in [-0.4, -0.2) is 33.0 Å². The SMILES string of the molecule is Nc1nc(NCc2ccc(-n3cccn3)cc2)cc([C@H]2CCOC2)n1. The Labute approximate surface area is 145 Å². The number of nitrogen functional groups attached to an aromatic ring is 1. The van der Waals surface area contributed by atoms with E-state index < -0.39 is 0 Å². The molecule has 1 aliphatic rings. The molecule has 2 aromatic heterocycles. The summed E-state index contributed by atoms with van der Waals surface area (Å²) in [5.74, 6) is 1.34. The summed E-state index contributed by atoms with van der Waals surface area (Å²) in [6, 6.07) is 12.1. The first kappa shape index (κ1) is 15.6. The van der Waals surface area contributed by atoms with E-state index in [9.17, 15) is 0 Å². The number of nitrogens with zero attached hydrogens (tertiary/aromatic N) is 4. The zero-order chi connectivity index (χ0) is 17.1. The lowest BCUT2D eigenvalue weighted by atomic mass is 10.0. The quantitative estimate of drug-likeness (QED) is 0.743. The minimum absolute atomic E-state index is 0.293. The molecule has 3 N–H and O–H groups in total. The van der Waals surface area contributed by atoms with Gasteiger partial charge in [-0.05, 0) is 30.2 Å². The maximum absolute atomic E-state index is 5.86. The topological polar surface area (TPSA) is 90.9 Å². The molecule has 25 heavy (non-hydrogen) atoms. The molecule has 0 spiro atoms. The maximum atomic E-state index is 5.86. The second-order valence-electron chi connectivity index (χ2n) is 6.07. The van der Waals surface area contributed by atoms with Crippen LogP contribution in [0.4, 0.5) is 11.8 Å². The van der Waals surface area contributed by atoms with Gasteiger partial charge in [-0.15, -0.1) is 0 Å². The molecule has 7 nitrogen and oxygen atoms in total. The van der Waals surface area contributed by atoms with E-state index in [0.717, 1.165) is 35.8 Å². The van der Waals surface area contributed by atoms with Crippen LogP contribution in [0.25, 0.3) is 5.69 Å². The Morgan fingerprint density at radius 3 is 2.84 bits per heavy atom. The van der Waals surface area contributed by atoms with E-state index in [-0.39, 0.29) is 0 Å². The van der Waals surface area contributed by atoms with Crippen LogP contribution in [0.15, 0.2) is 48.8 Å². The number of ether oxygens (including phenoxy) is 1. The monoisotopic (exact) mass is 336 g/mol. The van der Waals surface area contributed by atoms with Crippen LogP contribution in [0, 0.1) is 0 Å². The molecule has 1 aliphatic heterocycles. The minimum Gasteiger partial charge on any atom is -0.381 e. The number of hydrogen-bond acceptors (Lipinski definition) is 6. The molecule has 0 saturated carbocycles. The summed E-state index contributed by atoms with van der Waals surface area (Å²) >= 11 is 0. The summed E-state index contributed by atoms with van der Waals surface area (Å²) in [5.41, 5.74) is 8.99. The third kappa shape index (κ3) is 3.61. The molecule has 1 saturated heterocycles. The van der Waals surface area contributed by atoms with E-state index in [1.165, 1.54) is 0 Å². The molecular formula is C18H20N6O. The van der Waals surface area contributed by atoms with Crippen LogP contribution in [0.1, 0.15) is 23.6 Å². The Morgan fingerprint density at radius 2 is 2.12 bits per heavy atom. The number of anilines is 2. The number of hydrogen-bond donors (Lipinski definition) is 2. The molecule has 128 valence electrons. The van der Waals surface area contributed by atoms with Crippen LogP contribution >= 0.6 is 0 Å². The van der Waals surface area contributed by atoms with Crippen LogP contribution in [0.2, 0.25) is 0 Å². The molecule has 0 radical (unpaired) electrons. The molecule has 1 aromatic carbocycles. The first-order valence-corrected chi connectivity index (χ1v) is 8.33. The van der Waals surface area contributed by atoms with Crippen molar-refractivity contribution in [3.8, 4) is 5.69 Å². The molecule has 3 heterocycles.